The number of hydrogen-bond acceptors (Lipinski definition) is 1. The molecular formula is C28H36Cl2O. The lowest BCUT2D eigenvalue weighted by molar-refractivity contribution is -0.123. The van der Waals surface area contributed by atoms with Gasteiger partial charge in [-0.25, -0.2) is 0 Å². The number of ketones is 1. The molecule has 1 saturated carbocycles. The van der Waals surface area contributed by atoms with Crippen LogP contribution in [0.15, 0.2) is 42.5 Å². The van der Waals surface area contributed by atoms with Crippen molar-refractivity contribution in [3.8, 4) is 0 Å². The summed E-state index contributed by atoms with van der Waals surface area (Å²) < 4.78 is 0. The molecule has 0 spiro atoms. The molecule has 0 aliphatic heterocycles. The first-order chi connectivity index (χ1) is 15.0. The fourth-order valence-corrected chi connectivity index (χ4v) is 5.80. The van der Waals surface area contributed by atoms with Gasteiger partial charge in [0.15, 0.2) is 0 Å². The lowest BCUT2D eigenvalue weighted by Crippen LogP contribution is -2.24. The van der Waals surface area contributed by atoms with Crippen molar-refractivity contribution in [1.82, 2.24) is 0 Å². The molecule has 3 heteroatoms. The Hall–Kier alpha value is -1.31. The summed E-state index contributed by atoms with van der Waals surface area (Å²) >= 11 is 13.0. The van der Waals surface area contributed by atoms with E-state index in [2.05, 4.69) is 38.1 Å². The minimum Gasteiger partial charge on any atom is -0.299 e. The number of hydrogen-bond donors (Lipinski definition) is 0. The van der Waals surface area contributed by atoms with Gasteiger partial charge in [-0.2, -0.15) is 0 Å². The predicted octanol–water partition coefficient (Wildman–Crippen LogP) is 8.52. The lowest BCUT2D eigenvalue weighted by atomic mass is 9.77. The van der Waals surface area contributed by atoms with E-state index in [4.69, 9.17) is 23.2 Å². The molecule has 1 nitrogen and oxygen atoms in total. The number of benzene rings is 2. The van der Waals surface area contributed by atoms with Gasteiger partial charge in [-0.1, -0.05) is 93.1 Å². The number of carbonyl (C=O) groups is 1. The molecule has 1 aliphatic rings. The lowest BCUT2D eigenvalue weighted by Gasteiger charge is -2.28. The molecule has 0 bridgehead atoms. The highest BCUT2D eigenvalue weighted by atomic mass is 35.5. The second kappa shape index (κ2) is 12.1. The van der Waals surface area contributed by atoms with Crippen molar-refractivity contribution in [1.29, 1.82) is 0 Å². The molecule has 1 aliphatic carbocycles. The largest absolute Gasteiger partial charge is 0.299 e. The molecule has 0 radical (unpaired) electrons. The molecule has 2 aromatic rings. The molecule has 0 amide bonds. The van der Waals surface area contributed by atoms with Gasteiger partial charge in [0.25, 0.3) is 0 Å². The van der Waals surface area contributed by atoms with Crippen molar-refractivity contribution in [3.63, 3.8) is 0 Å². The molecule has 1 fully saturated rings. The van der Waals surface area contributed by atoms with Crippen LogP contribution in [0.1, 0.15) is 75.5 Å². The maximum Gasteiger partial charge on any atom is 0.140 e. The van der Waals surface area contributed by atoms with Crippen molar-refractivity contribution in [2.75, 3.05) is 0 Å². The second-order valence-corrected chi connectivity index (χ2v) is 10.1. The minimum atomic E-state index is 0.159. The van der Waals surface area contributed by atoms with Gasteiger partial charge in [0, 0.05) is 22.4 Å². The van der Waals surface area contributed by atoms with Gasteiger partial charge in [0.2, 0.25) is 0 Å². The zero-order valence-corrected chi connectivity index (χ0v) is 20.5. The average molecular weight is 460 g/mol. The maximum atomic E-state index is 12.8. The van der Waals surface area contributed by atoms with Gasteiger partial charge in [-0.15, -0.1) is 0 Å². The molecule has 0 saturated heterocycles. The molecule has 2 aromatic carbocycles. The first kappa shape index (κ1) is 24.3. The molecule has 0 heterocycles. The number of aryl methyl sites for hydroxylation is 1. The Labute approximate surface area is 198 Å². The third kappa shape index (κ3) is 7.09. The Bertz CT molecular complexity index is 812. The van der Waals surface area contributed by atoms with Crippen molar-refractivity contribution in [3.05, 3.63) is 69.2 Å². The van der Waals surface area contributed by atoms with Gasteiger partial charge >= 0.3 is 0 Å². The Morgan fingerprint density at radius 1 is 0.968 bits per heavy atom. The van der Waals surface area contributed by atoms with Crippen LogP contribution in [0.2, 0.25) is 10.0 Å². The molecule has 0 N–H and O–H groups in total. The molecule has 31 heavy (non-hydrogen) atoms. The monoisotopic (exact) mass is 458 g/mol. The zero-order valence-electron chi connectivity index (χ0n) is 19.0. The molecule has 1 atom stereocenters. The number of halogens is 2. The summed E-state index contributed by atoms with van der Waals surface area (Å²) in [5.41, 5.74) is 3.45. The van der Waals surface area contributed by atoms with E-state index in [-0.39, 0.29) is 5.92 Å². The van der Waals surface area contributed by atoms with Gasteiger partial charge in [-0.05, 0) is 72.8 Å². The Morgan fingerprint density at radius 3 is 2.16 bits per heavy atom. The van der Waals surface area contributed by atoms with E-state index in [9.17, 15) is 4.79 Å². The smallest absolute Gasteiger partial charge is 0.140 e. The summed E-state index contributed by atoms with van der Waals surface area (Å²) in [7, 11) is 0. The van der Waals surface area contributed by atoms with Crippen LogP contribution >= 0.6 is 23.2 Å². The summed E-state index contributed by atoms with van der Waals surface area (Å²) in [5.74, 6) is 1.82. The Kier molecular flexibility index (Phi) is 9.48. The number of Topliss-reactive ketones (excluding diaryl/α,β-unsaturated/α-hetero) is 1. The molecule has 168 valence electrons. The van der Waals surface area contributed by atoms with E-state index in [1.54, 1.807) is 0 Å². The first-order valence-corrected chi connectivity index (χ1v) is 12.8. The van der Waals surface area contributed by atoms with Gasteiger partial charge < -0.3 is 0 Å². The zero-order chi connectivity index (χ0) is 22.2. The van der Waals surface area contributed by atoms with Crippen LogP contribution in [0.3, 0.4) is 0 Å². The van der Waals surface area contributed by atoms with Crippen LogP contribution in [0.25, 0.3) is 0 Å². The highest BCUT2D eigenvalue weighted by Crippen LogP contribution is 2.35. The number of carbonyl (C=O) groups excluding carboxylic acids is 1. The first-order valence-electron chi connectivity index (χ1n) is 12.0. The third-order valence-corrected chi connectivity index (χ3v) is 7.90. The van der Waals surface area contributed by atoms with E-state index in [1.165, 1.54) is 44.1 Å². The molecular weight excluding hydrogens is 423 g/mol. The SMILES string of the molecule is CCc1cc(Cl)c(CCC2CCCC(C(C)C(=O)Cc3ccccc3)CCC2)c(Cl)c1. The topological polar surface area (TPSA) is 17.1 Å². The quantitative estimate of drug-likeness (QED) is 0.387. The Morgan fingerprint density at radius 2 is 1.58 bits per heavy atom. The molecule has 1 unspecified atom stereocenters. The van der Waals surface area contributed by atoms with E-state index in [0.29, 0.717) is 18.1 Å². The molecule has 0 aromatic heterocycles. The van der Waals surface area contributed by atoms with Crippen molar-refractivity contribution < 1.29 is 4.79 Å². The van der Waals surface area contributed by atoms with Gasteiger partial charge in [0.1, 0.15) is 5.78 Å². The van der Waals surface area contributed by atoms with Gasteiger partial charge in [0.05, 0.1) is 0 Å². The second-order valence-electron chi connectivity index (χ2n) is 9.34. The van der Waals surface area contributed by atoms with Gasteiger partial charge in [-0.3, -0.25) is 4.79 Å². The van der Waals surface area contributed by atoms with Crippen LogP contribution in [0.4, 0.5) is 0 Å². The highest BCUT2D eigenvalue weighted by molar-refractivity contribution is 6.36. The van der Waals surface area contributed by atoms with Crippen LogP contribution in [-0.4, -0.2) is 5.78 Å². The summed E-state index contributed by atoms with van der Waals surface area (Å²) in [4.78, 5) is 12.8. The van der Waals surface area contributed by atoms with Crippen LogP contribution in [0.5, 0.6) is 0 Å². The fourth-order valence-electron chi connectivity index (χ4n) is 5.08. The maximum absolute atomic E-state index is 12.8. The fraction of sp³-hybridized carbons (Fsp3) is 0.536. The van der Waals surface area contributed by atoms with Crippen molar-refractivity contribution >= 4 is 29.0 Å². The summed E-state index contributed by atoms with van der Waals surface area (Å²) in [5, 5.41) is 1.64. The van der Waals surface area contributed by atoms with Crippen LogP contribution in [0, 0.1) is 17.8 Å². The average Bonchev–Trinajstić information content (AvgIpc) is 2.74. The predicted molar refractivity (Wildman–Crippen MR) is 133 cm³/mol. The van der Waals surface area contributed by atoms with Crippen LogP contribution in [-0.2, 0) is 24.1 Å². The number of rotatable bonds is 8. The normalized spacial score (nSPS) is 20.6. The summed E-state index contributed by atoms with van der Waals surface area (Å²) in [6.07, 6.45) is 10.9. The summed E-state index contributed by atoms with van der Waals surface area (Å²) in [6.45, 7) is 4.28. The minimum absolute atomic E-state index is 0.159. The van der Waals surface area contributed by atoms with Crippen molar-refractivity contribution in [2.24, 2.45) is 17.8 Å². The summed E-state index contributed by atoms with van der Waals surface area (Å²) in [6, 6.07) is 14.3. The van der Waals surface area contributed by atoms with Crippen LogP contribution < -0.4 is 0 Å². The third-order valence-electron chi connectivity index (χ3n) is 7.22. The van der Waals surface area contributed by atoms with E-state index >= 15 is 0 Å². The van der Waals surface area contributed by atoms with Crippen molar-refractivity contribution in [2.45, 2.75) is 78.1 Å². The van der Waals surface area contributed by atoms with E-state index in [0.717, 1.165) is 46.4 Å². The molecule has 3 rings (SSSR count). The highest BCUT2D eigenvalue weighted by Gasteiger charge is 2.26. The van der Waals surface area contributed by atoms with E-state index in [1.807, 2.05) is 18.2 Å². The van der Waals surface area contributed by atoms with E-state index < -0.39 is 0 Å². The standard InChI is InChI=1S/C28H36Cl2O/c1-3-21-17-26(29)25(27(30)18-21)16-15-22-11-7-13-24(14-8-12-22)20(2)28(31)19-23-9-5-4-6-10-23/h4-6,9-10,17-18,20,22,24H,3,7-8,11-16,19H2,1-2H3. The Balaban J connectivity index is 1.48.